The lowest BCUT2D eigenvalue weighted by molar-refractivity contribution is -0.116. The van der Waals surface area contributed by atoms with Gasteiger partial charge in [0, 0.05) is 16.8 Å². The number of hydrogen-bond donors (Lipinski definition) is 1. The van der Waals surface area contributed by atoms with Gasteiger partial charge < -0.3 is 5.32 Å². The summed E-state index contributed by atoms with van der Waals surface area (Å²) in [7, 11) is -3.93. The Balaban J connectivity index is 2.32. The molecule has 9 heteroatoms. The van der Waals surface area contributed by atoms with Crippen molar-refractivity contribution in [3.8, 4) is 0 Å². The van der Waals surface area contributed by atoms with E-state index in [0.29, 0.717) is 10.7 Å². The zero-order valence-electron chi connectivity index (χ0n) is 13.3. The van der Waals surface area contributed by atoms with E-state index < -0.39 is 33.6 Å². The lowest BCUT2D eigenvalue weighted by Crippen LogP contribution is -2.45. The Morgan fingerprint density at radius 3 is 2.24 bits per heavy atom. The fourth-order valence-electron chi connectivity index (χ4n) is 2.21. The number of nitrogens with zero attached hydrogens (tertiary/aromatic N) is 1. The van der Waals surface area contributed by atoms with E-state index in [9.17, 15) is 22.0 Å². The average molecular weight is 389 g/mol. The quantitative estimate of drug-likeness (QED) is 0.853. The normalized spacial score (nSPS) is 12.5. The predicted molar refractivity (Wildman–Crippen MR) is 93.2 cm³/mol. The van der Waals surface area contributed by atoms with Crippen LogP contribution in [0.1, 0.15) is 6.92 Å². The highest BCUT2D eigenvalue weighted by Gasteiger charge is 2.29. The zero-order chi connectivity index (χ0) is 18.8. The van der Waals surface area contributed by atoms with Crippen molar-refractivity contribution in [2.45, 2.75) is 13.0 Å². The van der Waals surface area contributed by atoms with E-state index in [2.05, 4.69) is 5.32 Å². The summed E-state index contributed by atoms with van der Waals surface area (Å²) in [6.45, 7) is 1.34. The van der Waals surface area contributed by atoms with E-state index in [1.165, 1.54) is 6.92 Å². The molecule has 134 valence electrons. The molecular weight excluding hydrogens is 374 g/mol. The molecule has 0 aromatic heterocycles. The molecule has 0 spiro atoms. The van der Waals surface area contributed by atoms with Crippen LogP contribution in [0.25, 0.3) is 0 Å². The van der Waals surface area contributed by atoms with Crippen LogP contribution < -0.4 is 9.62 Å². The molecule has 1 N–H and O–H groups in total. The summed E-state index contributed by atoms with van der Waals surface area (Å²) in [5.74, 6) is -2.97. The number of carbonyl (C=O) groups excluding carboxylic acids is 1. The molecule has 1 atom stereocenters. The molecule has 1 amide bonds. The summed E-state index contributed by atoms with van der Waals surface area (Å²) < 4.78 is 51.5. The first-order valence-corrected chi connectivity index (χ1v) is 9.33. The first kappa shape index (κ1) is 19.1. The van der Waals surface area contributed by atoms with E-state index in [0.717, 1.165) is 28.8 Å². The van der Waals surface area contributed by atoms with E-state index in [4.69, 9.17) is 11.6 Å². The molecule has 0 saturated carbocycles. The molecular formula is C16H15ClF2N2O3S. The van der Waals surface area contributed by atoms with Gasteiger partial charge in [0.2, 0.25) is 15.9 Å². The van der Waals surface area contributed by atoms with E-state index in [-0.39, 0.29) is 5.69 Å². The fourth-order valence-corrected chi connectivity index (χ4v) is 3.50. The maximum absolute atomic E-state index is 13.5. The van der Waals surface area contributed by atoms with Crippen LogP contribution in [-0.2, 0) is 14.8 Å². The van der Waals surface area contributed by atoms with Gasteiger partial charge in [-0.2, -0.15) is 0 Å². The van der Waals surface area contributed by atoms with Crippen molar-refractivity contribution in [1.82, 2.24) is 0 Å². The fraction of sp³-hybridized carbons (Fsp3) is 0.188. The van der Waals surface area contributed by atoms with Gasteiger partial charge in [-0.25, -0.2) is 17.2 Å². The Kier molecular flexibility index (Phi) is 5.64. The molecule has 25 heavy (non-hydrogen) atoms. The van der Waals surface area contributed by atoms with Gasteiger partial charge in [-0.1, -0.05) is 11.6 Å². The highest BCUT2D eigenvalue weighted by Crippen LogP contribution is 2.24. The largest absolute Gasteiger partial charge is 0.324 e. The predicted octanol–water partition coefficient (Wildman–Crippen LogP) is 3.41. The molecule has 2 rings (SSSR count). The third kappa shape index (κ3) is 4.67. The van der Waals surface area contributed by atoms with E-state index >= 15 is 0 Å². The maximum atomic E-state index is 13.5. The highest BCUT2D eigenvalue weighted by molar-refractivity contribution is 7.92. The summed E-state index contributed by atoms with van der Waals surface area (Å²) in [5, 5.41) is 3.02. The minimum Gasteiger partial charge on any atom is -0.324 e. The Hall–Kier alpha value is -2.19. The maximum Gasteiger partial charge on any atom is 0.247 e. The monoisotopic (exact) mass is 388 g/mol. The lowest BCUT2D eigenvalue weighted by Gasteiger charge is -2.28. The smallest absolute Gasteiger partial charge is 0.247 e. The summed E-state index contributed by atoms with van der Waals surface area (Å²) in [4.78, 5) is 12.4. The molecule has 0 aliphatic heterocycles. The van der Waals surface area contributed by atoms with Gasteiger partial charge in [-0.15, -0.1) is 0 Å². The van der Waals surface area contributed by atoms with Crippen LogP contribution in [0.4, 0.5) is 20.2 Å². The topological polar surface area (TPSA) is 66.5 Å². The van der Waals surface area contributed by atoms with Gasteiger partial charge in [0.25, 0.3) is 0 Å². The van der Waals surface area contributed by atoms with Crippen LogP contribution in [0, 0.1) is 11.6 Å². The van der Waals surface area contributed by atoms with Crippen LogP contribution in [0.15, 0.2) is 42.5 Å². The number of nitrogens with one attached hydrogen (secondary N) is 1. The Morgan fingerprint density at radius 2 is 1.72 bits per heavy atom. The first-order valence-electron chi connectivity index (χ1n) is 7.10. The number of benzene rings is 2. The number of sulfonamides is 1. The standard InChI is InChI=1S/C16H15ClF2N2O3S/c1-10(16(22)20-12-5-3-11(17)4-6-12)21(25(2,23)24)13-7-8-14(18)15(19)9-13/h3-10H,1-2H3,(H,20,22)/t10-/m0/s1. The van der Waals surface area contributed by atoms with Crippen molar-refractivity contribution in [2.75, 3.05) is 15.9 Å². The number of amides is 1. The van der Waals surface area contributed by atoms with Crippen LogP contribution in [-0.4, -0.2) is 26.6 Å². The van der Waals surface area contributed by atoms with Crippen molar-refractivity contribution in [3.63, 3.8) is 0 Å². The number of rotatable bonds is 5. The lowest BCUT2D eigenvalue weighted by atomic mass is 10.2. The van der Waals surface area contributed by atoms with Crippen LogP contribution in [0.2, 0.25) is 5.02 Å². The van der Waals surface area contributed by atoms with Gasteiger partial charge in [0.1, 0.15) is 6.04 Å². The highest BCUT2D eigenvalue weighted by atomic mass is 35.5. The summed E-state index contributed by atoms with van der Waals surface area (Å²) in [6, 6.07) is 7.64. The molecule has 0 unspecified atom stereocenters. The van der Waals surface area contributed by atoms with Crippen molar-refractivity contribution in [3.05, 3.63) is 59.1 Å². The number of halogens is 3. The van der Waals surface area contributed by atoms with Crippen molar-refractivity contribution >= 4 is 38.9 Å². The summed E-state index contributed by atoms with van der Waals surface area (Å²) in [5.41, 5.74) is 0.264. The molecule has 2 aromatic rings. The minimum atomic E-state index is -3.93. The molecule has 0 bridgehead atoms. The molecule has 5 nitrogen and oxygen atoms in total. The van der Waals surface area contributed by atoms with Crippen molar-refractivity contribution < 1.29 is 22.0 Å². The third-order valence-electron chi connectivity index (χ3n) is 3.36. The second-order valence-electron chi connectivity index (χ2n) is 5.33. The molecule has 0 aliphatic carbocycles. The SMILES string of the molecule is C[C@@H](C(=O)Nc1ccc(Cl)cc1)N(c1ccc(F)c(F)c1)S(C)(=O)=O. The Labute approximate surface area is 149 Å². The zero-order valence-corrected chi connectivity index (χ0v) is 14.9. The number of carbonyl (C=O) groups is 1. The minimum absolute atomic E-state index is 0.153. The van der Waals surface area contributed by atoms with Crippen LogP contribution in [0.5, 0.6) is 0 Å². The third-order valence-corrected chi connectivity index (χ3v) is 4.85. The van der Waals surface area contributed by atoms with Gasteiger partial charge in [0.05, 0.1) is 11.9 Å². The van der Waals surface area contributed by atoms with Gasteiger partial charge in [-0.05, 0) is 43.3 Å². The molecule has 0 heterocycles. The second-order valence-corrected chi connectivity index (χ2v) is 7.63. The van der Waals surface area contributed by atoms with Crippen molar-refractivity contribution in [2.24, 2.45) is 0 Å². The van der Waals surface area contributed by atoms with Gasteiger partial charge >= 0.3 is 0 Å². The van der Waals surface area contributed by atoms with E-state index in [1.54, 1.807) is 24.3 Å². The first-order chi connectivity index (χ1) is 11.6. The van der Waals surface area contributed by atoms with E-state index in [1.807, 2.05) is 0 Å². The van der Waals surface area contributed by atoms with Gasteiger partial charge in [-0.3, -0.25) is 9.10 Å². The Bertz CT molecular complexity index is 889. The molecule has 2 aromatic carbocycles. The average Bonchev–Trinajstić information content (AvgIpc) is 2.51. The molecule has 0 fully saturated rings. The summed E-state index contributed by atoms with van der Waals surface area (Å²) in [6.07, 6.45) is 0.875. The number of hydrogen-bond acceptors (Lipinski definition) is 3. The molecule has 0 saturated heterocycles. The van der Waals surface area contributed by atoms with Crippen LogP contribution >= 0.6 is 11.6 Å². The van der Waals surface area contributed by atoms with Gasteiger partial charge in [0.15, 0.2) is 11.6 Å². The summed E-state index contributed by atoms with van der Waals surface area (Å²) >= 11 is 5.76. The second kappa shape index (κ2) is 7.37. The molecule has 0 radical (unpaired) electrons. The van der Waals surface area contributed by atoms with Crippen molar-refractivity contribution in [1.29, 1.82) is 0 Å². The molecule has 0 aliphatic rings. The van der Waals surface area contributed by atoms with Crippen LogP contribution in [0.3, 0.4) is 0 Å². The number of anilines is 2. The Morgan fingerprint density at radius 1 is 1.12 bits per heavy atom.